The molecule has 47 heavy (non-hydrogen) atoms. The summed E-state index contributed by atoms with van der Waals surface area (Å²) in [7, 11) is 1.92. The Hall–Kier alpha value is -2.23. The van der Waals surface area contributed by atoms with Gasteiger partial charge in [0, 0.05) is 74.7 Å². The van der Waals surface area contributed by atoms with Crippen molar-refractivity contribution in [1.29, 1.82) is 0 Å². The molecule has 9 heteroatoms. The number of carbonyl (C=O) groups excluding carboxylic acids is 1. The van der Waals surface area contributed by atoms with Gasteiger partial charge in [-0.1, -0.05) is 57.0 Å². The van der Waals surface area contributed by atoms with Crippen molar-refractivity contribution in [2.45, 2.75) is 69.6 Å². The smallest absolute Gasteiger partial charge is 0.261 e. The molecule has 2 N–H and O–H groups in total. The van der Waals surface area contributed by atoms with E-state index < -0.39 is 0 Å². The van der Waals surface area contributed by atoms with E-state index in [1.165, 1.54) is 23.1 Å². The largest absolute Gasteiger partial charge is 0.491 e. The highest BCUT2D eigenvalue weighted by Gasteiger charge is 2.48. The molecule has 4 aliphatic rings. The third kappa shape index (κ3) is 7.83. The SMILES string of the molecule is CCCc1cc(Cl)ccc1C1COc2ccc3cc2N(C1)CC1CCC1C(CN1CCNCC1)(OC)/C=C/C[C@H](C)C(C)SNC3=O. The number of rotatable bonds is 6. The van der Waals surface area contributed by atoms with E-state index in [0.29, 0.717) is 29.9 Å². The average molecular weight is 681 g/mol. The lowest BCUT2D eigenvalue weighted by molar-refractivity contribution is -0.0924. The van der Waals surface area contributed by atoms with Crippen molar-refractivity contribution in [1.82, 2.24) is 14.9 Å². The molecule has 2 bridgehead atoms. The summed E-state index contributed by atoms with van der Waals surface area (Å²) in [6.07, 6.45) is 10.1. The first-order chi connectivity index (χ1) is 22.8. The number of benzene rings is 2. The summed E-state index contributed by atoms with van der Waals surface area (Å²) >= 11 is 8.01. The van der Waals surface area contributed by atoms with Gasteiger partial charge in [-0.3, -0.25) is 14.4 Å². The molecule has 3 heterocycles. The molecule has 2 fully saturated rings. The van der Waals surface area contributed by atoms with Crippen molar-refractivity contribution >= 4 is 35.1 Å². The first-order valence-corrected chi connectivity index (χ1v) is 19.0. The number of anilines is 1. The molecule has 256 valence electrons. The zero-order chi connectivity index (χ0) is 33.0. The van der Waals surface area contributed by atoms with E-state index in [0.717, 1.165) is 94.4 Å². The number of allylic oxidation sites excluding steroid dienone is 1. The van der Waals surface area contributed by atoms with Gasteiger partial charge in [-0.25, -0.2) is 0 Å². The van der Waals surface area contributed by atoms with E-state index in [-0.39, 0.29) is 22.7 Å². The van der Waals surface area contributed by atoms with Crippen LogP contribution in [-0.4, -0.2) is 81.2 Å². The quantitative estimate of drug-likeness (QED) is 0.253. The Morgan fingerprint density at radius 2 is 1.94 bits per heavy atom. The number of carbonyl (C=O) groups is 1. The zero-order valence-electron chi connectivity index (χ0n) is 28.6. The van der Waals surface area contributed by atoms with E-state index >= 15 is 0 Å². The maximum absolute atomic E-state index is 13.5. The molecule has 2 aromatic rings. The molecule has 2 aromatic carbocycles. The molecular weight excluding hydrogens is 628 g/mol. The van der Waals surface area contributed by atoms with Crippen LogP contribution in [-0.2, 0) is 11.2 Å². The first kappa shape index (κ1) is 34.6. The topological polar surface area (TPSA) is 66.1 Å². The number of hydrogen-bond acceptors (Lipinski definition) is 7. The van der Waals surface area contributed by atoms with Crippen molar-refractivity contribution in [2.75, 3.05) is 64.4 Å². The molecule has 0 aromatic heterocycles. The van der Waals surface area contributed by atoms with E-state index in [1.54, 1.807) is 0 Å². The predicted molar refractivity (Wildman–Crippen MR) is 195 cm³/mol. The van der Waals surface area contributed by atoms with Crippen molar-refractivity contribution in [2.24, 2.45) is 17.8 Å². The number of amides is 1. The standard InChI is InChI=1S/C38H53ClN4O3S/c1-5-7-28-20-32(39)11-12-33(28)31-23-43-22-30-9-13-34(30)38(45-4,25-42-18-16-40-17-19-42)15-6-8-26(2)27(3)47-41-37(44)29-10-14-36(46-24-31)35(43)21-29/h6,10-12,14-15,20-21,26-27,30-31,34,40H,5,7-9,13,16-19,22-25H2,1-4H3,(H,41,44)/b15-6+/t26-,27?,30?,31?,34?,38?/m0/s1. The normalized spacial score (nSPS) is 31.1. The Balaban J connectivity index is 1.38. The third-order valence-electron chi connectivity index (χ3n) is 11.1. The number of nitrogens with one attached hydrogen (secondary N) is 2. The lowest BCUT2D eigenvalue weighted by atomic mass is 9.63. The number of halogens is 1. The molecular formula is C38H53ClN4O3S. The fraction of sp³-hybridized carbons (Fsp3) is 0.605. The molecule has 1 saturated carbocycles. The fourth-order valence-corrected chi connectivity index (χ4v) is 8.91. The van der Waals surface area contributed by atoms with Gasteiger partial charge in [-0.15, -0.1) is 0 Å². The van der Waals surface area contributed by atoms with Crippen LogP contribution in [0.1, 0.15) is 73.9 Å². The van der Waals surface area contributed by atoms with E-state index in [4.69, 9.17) is 21.1 Å². The summed E-state index contributed by atoms with van der Waals surface area (Å²) in [5.41, 5.74) is 3.94. The van der Waals surface area contributed by atoms with Gasteiger partial charge in [0.1, 0.15) is 11.4 Å². The molecule has 1 aliphatic carbocycles. The van der Waals surface area contributed by atoms with Crippen molar-refractivity contribution in [3.05, 3.63) is 70.3 Å². The van der Waals surface area contributed by atoms with Crippen LogP contribution in [0.2, 0.25) is 5.02 Å². The van der Waals surface area contributed by atoms with Crippen molar-refractivity contribution < 1.29 is 14.3 Å². The summed E-state index contributed by atoms with van der Waals surface area (Å²) in [6.45, 7) is 14.0. The number of hydrogen-bond donors (Lipinski definition) is 2. The fourth-order valence-electron chi connectivity index (χ4n) is 7.96. The van der Waals surface area contributed by atoms with Gasteiger partial charge < -0.3 is 19.7 Å². The molecule has 3 aliphatic heterocycles. The van der Waals surface area contributed by atoms with Crippen LogP contribution in [0.5, 0.6) is 5.75 Å². The Kier molecular flexibility index (Phi) is 11.5. The number of methoxy groups -OCH3 is 1. The van der Waals surface area contributed by atoms with E-state index in [2.05, 4.69) is 71.0 Å². The molecule has 1 saturated heterocycles. The second-order valence-corrected chi connectivity index (χ2v) is 15.8. The molecule has 6 rings (SSSR count). The minimum Gasteiger partial charge on any atom is -0.491 e. The van der Waals surface area contributed by atoms with Crippen LogP contribution in [0.3, 0.4) is 0 Å². The number of aryl methyl sites for hydroxylation is 1. The van der Waals surface area contributed by atoms with Crippen molar-refractivity contribution in [3.63, 3.8) is 0 Å². The highest BCUT2D eigenvalue weighted by molar-refractivity contribution is 7.98. The molecule has 0 spiro atoms. The van der Waals surface area contributed by atoms with Gasteiger partial charge in [0.25, 0.3) is 5.91 Å². The van der Waals surface area contributed by atoms with E-state index in [1.807, 2.05) is 25.3 Å². The maximum atomic E-state index is 13.5. The molecule has 6 atom stereocenters. The molecule has 0 radical (unpaired) electrons. The minimum absolute atomic E-state index is 0.0564. The second-order valence-electron chi connectivity index (χ2n) is 14.2. The van der Waals surface area contributed by atoms with Gasteiger partial charge in [-0.2, -0.15) is 0 Å². The van der Waals surface area contributed by atoms with Gasteiger partial charge in [-0.05, 0) is 96.8 Å². The Morgan fingerprint density at radius 3 is 2.68 bits per heavy atom. The minimum atomic E-state index is -0.349. The van der Waals surface area contributed by atoms with Crippen molar-refractivity contribution in [3.8, 4) is 5.75 Å². The number of ether oxygens (including phenoxy) is 2. The van der Waals surface area contributed by atoms with Gasteiger partial charge in [0.2, 0.25) is 0 Å². The van der Waals surface area contributed by atoms with Crippen LogP contribution in [0.4, 0.5) is 5.69 Å². The molecule has 7 nitrogen and oxygen atoms in total. The summed E-state index contributed by atoms with van der Waals surface area (Å²) in [6, 6.07) is 12.3. The highest BCUT2D eigenvalue weighted by Crippen LogP contribution is 2.47. The highest BCUT2D eigenvalue weighted by atomic mass is 35.5. The monoisotopic (exact) mass is 680 g/mol. The number of nitrogens with zero attached hydrogens (tertiary/aromatic N) is 2. The zero-order valence-corrected chi connectivity index (χ0v) is 30.2. The Labute approximate surface area is 291 Å². The van der Waals surface area contributed by atoms with Gasteiger partial charge in [0.15, 0.2) is 0 Å². The van der Waals surface area contributed by atoms with E-state index in [9.17, 15) is 4.79 Å². The average Bonchev–Trinajstić information content (AvgIpc) is 3.24. The summed E-state index contributed by atoms with van der Waals surface area (Å²) in [4.78, 5) is 18.6. The lowest BCUT2D eigenvalue weighted by Gasteiger charge is -2.51. The lowest BCUT2D eigenvalue weighted by Crippen LogP contribution is -2.58. The molecule has 1 amide bonds. The predicted octanol–water partition coefficient (Wildman–Crippen LogP) is 6.95. The van der Waals surface area contributed by atoms with Crippen LogP contribution in [0.25, 0.3) is 0 Å². The van der Waals surface area contributed by atoms with Crippen LogP contribution < -0.4 is 19.7 Å². The number of fused-ring (bicyclic) bond motifs is 2. The second kappa shape index (κ2) is 15.5. The number of piperazine rings is 1. The van der Waals surface area contributed by atoms with Crippen LogP contribution in [0, 0.1) is 17.8 Å². The Morgan fingerprint density at radius 1 is 1.11 bits per heavy atom. The van der Waals surface area contributed by atoms with Crippen LogP contribution in [0.15, 0.2) is 48.6 Å². The summed E-state index contributed by atoms with van der Waals surface area (Å²) in [5, 5.41) is 4.56. The van der Waals surface area contributed by atoms with Gasteiger partial charge in [0.05, 0.1) is 12.3 Å². The first-order valence-electron chi connectivity index (χ1n) is 17.7. The van der Waals surface area contributed by atoms with Gasteiger partial charge >= 0.3 is 0 Å². The van der Waals surface area contributed by atoms with Crippen LogP contribution >= 0.6 is 23.5 Å². The third-order valence-corrected chi connectivity index (χ3v) is 12.5. The molecule has 5 unspecified atom stereocenters. The maximum Gasteiger partial charge on any atom is 0.261 e. The summed E-state index contributed by atoms with van der Waals surface area (Å²) in [5.74, 6) is 2.21. The summed E-state index contributed by atoms with van der Waals surface area (Å²) < 4.78 is 16.4. The Bertz CT molecular complexity index is 1420.